The molecule has 0 saturated carbocycles. The fourth-order valence-electron chi connectivity index (χ4n) is 3.32. The third kappa shape index (κ3) is 2.92. The molecular weight excluding hydrogens is 300 g/mol. The second kappa shape index (κ2) is 6.71. The lowest BCUT2D eigenvalue weighted by Crippen LogP contribution is -2.38. The summed E-state index contributed by atoms with van der Waals surface area (Å²) in [7, 11) is 0. The average molecular weight is 322 g/mol. The molecule has 0 aliphatic carbocycles. The third-order valence-corrected chi connectivity index (χ3v) is 4.69. The molecule has 5 nitrogen and oxygen atoms in total. The van der Waals surface area contributed by atoms with E-state index in [2.05, 4.69) is 50.8 Å². The van der Waals surface area contributed by atoms with Crippen LogP contribution in [-0.4, -0.2) is 52.3 Å². The van der Waals surface area contributed by atoms with E-state index in [4.69, 9.17) is 4.74 Å². The van der Waals surface area contributed by atoms with Crippen LogP contribution >= 0.6 is 0 Å². The molecule has 0 atom stereocenters. The number of hydrogen-bond acceptors (Lipinski definition) is 4. The summed E-state index contributed by atoms with van der Waals surface area (Å²) in [4.78, 5) is 11.6. The van der Waals surface area contributed by atoms with Gasteiger partial charge in [-0.1, -0.05) is 18.2 Å². The lowest BCUT2D eigenvalue weighted by molar-refractivity contribution is 0.0364. The first-order valence-electron chi connectivity index (χ1n) is 8.49. The topological polar surface area (TPSA) is 43.2 Å². The molecule has 3 heterocycles. The Labute approximate surface area is 141 Å². The first-order chi connectivity index (χ1) is 11.8. The first-order valence-corrected chi connectivity index (χ1v) is 8.49. The number of hydrogen-bond donors (Lipinski definition) is 0. The third-order valence-electron chi connectivity index (χ3n) is 4.69. The van der Waals surface area contributed by atoms with Gasteiger partial charge in [-0.15, -0.1) is 0 Å². The lowest BCUT2D eigenvalue weighted by atomic mass is 10.0. The number of rotatable bonds is 4. The van der Waals surface area contributed by atoms with Crippen molar-refractivity contribution >= 4 is 10.9 Å². The number of benzene rings is 1. The minimum atomic E-state index is 0.838. The summed E-state index contributed by atoms with van der Waals surface area (Å²) in [5, 5.41) is 1.16. The van der Waals surface area contributed by atoms with Gasteiger partial charge in [-0.3, -0.25) is 9.88 Å². The van der Waals surface area contributed by atoms with E-state index < -0.39 is 0 Å². The van der Waals surface area contributed by atoms with E-state index in [9.17, 15) is 0 Å². The van der Waals surface area contributed by atoms with E-state index in [0.717, 1.165) is 61.7 Å². The fraction of sp³-hybridized carbons (Fsp3) is 0.368. The van der Waals surface area contributed by atoms with E-state index in [1.807, 2.05) is 18.5 Å². The van der Waals surface area contributed by atoms with Gasteiger partial charge in [-0.05, 0) is 18.6 Å². The number of nitrogens with zero attached hydrogens (tertiary/aromatic N) is 4. The molecule has 2 aromatic heterocycles. The monoisotopic (exact) mass is 322 g/mol. The Hall–Kier alpha value is -2.24. The quantitative estimate of drug-likeness (QED) is 0.741. The zero-order valence-corrected chi connectivity index (χ0v) is 14.0. The normalized spacial score (nSPS) is 15.9. The number of morpholine rings is 1. The Morgan fingerprint density at radius 1 is 1.04 bits per heavy atom. The number of fused-ring (bicyclic) bond motifs is 1. The molecule has 1 aliphatic heterocycles. The number of aromatic nitrogens is 3. The van der Waals surface area contributed by atoms with Gasteiger partial charge in [0, 0.05) is 55.7 Å². The first kappa shape index (κ1) is 15.3. The maximum absolute atomic E-state index is 5.42. The highest BCUT2D eigenvalue weighted by Gasteiger charge is 2.14. The molecule has 0 radical (unpaired) electrons. The second-order valence-corrected chi connectivity index (χ2v) is 6.23. The van der Waals surface area contributed by atoms with Gasteiger partial charge in [0.2, 0.25) is 0 Å². The highest BCUT2D eigenvalue weighted by atomic mass is 16.5. The van der Waals surface area contributed by atoms with Crippen LogP contribution in [0.3, 0.4) is 0 Å². The number of aryl methyl sites for hydroxylation is 1. The van der Waals surface area contributed by atoms with Crippen molar-refractivity contribution in [2.24, 2.45) is 0 Å². The van der Waals surface area contributed by atoms with Crippen LogP contribution in [0.1, 0.15) is 5.56 Å². The van der Waals surface area contributed by atoms with Crippen LogP contribution in [0, 0.1) is 6.92 Å². The molecule has 1 aliphatic rings. The molecule has 0 bridgehead atoms. The fourth-order valence-corrected chi connectivity index (χ4v) is 3.32. The Kier molecular flexibility index (Phi) is 4.28. The Morgan fingerprint density at radius 3 is 2.79 bits per heavy atom. The van der Waals surface area contributed by atoms with Gasteiger partial charge in [0.25, 0.3) is 0 Å². The predicted octanol–water partition coefficient (Wildman–Crippen LogP) is 2.74. The highest BCUT2D eigenvalue weighted by Crippen LogP contribution is 2.28. The van der Waals surface area contributed by atoms with Gasteiger partial charge < -0.3 is 9.30 Å². The standard InChI is InChI=1S/C19H22N4O/c1-15-4-5-17(16-3-2-6-20-18(15)16)19-21-7-8-23(19)10-9-22-11-13-24-14-12-22/h2-8H,9-14H2,1H3. The molecular formula is C19H22N4O. The van der Waals surface area contributed by atoms with E-state index in [1.165, 1.54) is 5.56 Å². The lowest BCUT2D eigenvalue weighted by Gasteiger charge is -2.26. The number of ether oxygens (including phenoxy) is 1. The molecule has 5 heteroatoms. The van der Waals surface area contributed by atoms with Crippen molar-refractivity contribution in [2.45, 2.75) is 13.5 Å². The number of pyridine rings is 1. The van der Waals surface area contributed by atoms with Crippen molar-refractivity contribution in [3.05, 3.63) is 48.4 Å². The summed E-state index contributed by atoms with van der Waals surface area (Å²) >= 11 is 0. The smallest absolute Gasteiger partial charge is 0.140 e. The van der Waals surface area contributed by atoms with Gasteiger partial charge in [0.15, 0.2) is 0 Å². The van der Waals surface area contributed by atoms with Crippen molar-refractivity contribution in [3.63, 3.8) is 0 Å². The molecule has 0 amide bonds. The van der Waals surface area contributed by atoms with Crippen LogP contribution in [0.2, 0.25) is 0 Å². The summed E-state index contributed by atoms with van der Waals surface area (Å²) in [6.07, 6.45) is 5.80. The molecule has 1 saturated heterocycles. The molecule has 24 heavy (non-hydrogen) atoms. The summed E-state index contributed by atoms with van der Waals surface area (Å²) in [6, 6.07) is 8.41. The largest absolute Gasteiger partial charge is 0.379 e. The van der Waals surface area contributed by atoms with Gasteiger partial charge in [-0.2, -0.15) is 0 Å². The van der Waals surface area contributed by atoms with Crippen molar-refractivity contribution in [3.8, 4) is 11.4 Å². The Morgan fingerprint density at radius 2 is 1.92 bits per heavy atom. The molecule has 3 aromatic rings. The summed E-state index contributed by atoms with van der Waals surface area (Å²) < 4.78 is 7.66. The molecule has 0 N–H and O–H groups in total. The van der Waals surface area contributed by atoms with E-state index in [1.54, 1.807) is 0 Å². The van der Waals surface area contributed by atoms with E-state index >= 15 is 0 Å². The predicted molar refractivity (Wildman–Crippen MR) is 95.0 cm³/mol. The molecule has 4 rings (SSSR count). The van der Waals surface area contributed by atoms with Crippen LogP contribution in [0.15, 0.2) is 42.9 Å². The molecule has 1 aromatic carbocycles. The van der Waals surface area contributed by atoms with Crippen LogP contribution in [0.25, 0.3) is 22.3 Å². The Bertz CT molecular complexity index is 836. The zero-order chi connectivity index (χ0) is 16.4. The van der Waals surface area contributed by atoms with Gasteiger partial charge in [0.05, 0.1) is 18.7 Å². The van der Waals surface area contributed by atoms with Crippen molar-refractivity contribution < 1.29 is 4.74 Å². The van der Waals surface area contributed by atoms with Crippen molar-refractivity contribution in [1.29, 1.82) is 0 Å². The van der Waals surface area contributed by atoms with Crippen LogP contribution < -0.4 is 0 Å². The summed E-state index contributed by atoms with van der Waals surface area (Å²) in [5.41, 5.74) is 3.40. The van der Waals surface area contributed by atoms with E-state index in [-0.39, 0.29) is 0 Å². The summed E-state index contributed by atoms with van der Waals surface area (Å²) in [6.45, 7) is 7.77. The van der Waals surface area contributed by atoms with Crippen LogP contribution in [0.5, 0.6) is 0 Å². The van der Waals surface area contributed by atoms with Crippen molar-refractivity contribution in [2.75, 3.05) is 32.8 Å². The average Bonchev–Trinajstić information content (AvgIpc) is 3.10. The SMILES string of the molecule is Cc1ccc(-c2nccn2CCN2CCOCC2)c2cccnc12. The van der Waals surface area contributed by atoms with Crippen LogP contribution in [0.4, 0.5) is 0 Å². The molecule has 0 unspecified atom stereocenters. The Balaban J connectivity index is 1.64. The maximum atomic E-state index is 5.42. The van der Waals surface area contributed by atoms with Gasteiger partial charge in [-0.25, -0.2) is 4.98 Å². The zero-order valence-electron chi connectivity index (χ0n) is 14.0. The van der Waals surface area contributed by atoms with Gasteiger partial charge >= 0.3 is 0 Å². The summed E-state index contributed by atoms with van der Waals surface area (Å²) in [5.74, 6) is 1.02. The molecule has 0 spiro atoms. The molecule has 1 fully saturated rings. The van der Waals surface area contributed by atoms with Crippen molar-refractivity contribution in [1.82, 2.24) is 19.4 Å². The minimum absolute atomic E-state index is 0.838. The maximum Gasteiger partial charge on any atom is 0.140 e. The molecule has 124 valence electrons. The second-order valence-electron chi connectivity index (χ2n) is 6.23. The highest BCUT2D eigenvalue weighted by molar-refractivity contribution is 5.94. The van der Waals surface area contributed by atoms with Crippen LogP contribution in [-0.2, 0) is 11.3 Å². The van der Waals surface area contributed by atoms with E-state index in [0.29, 0.717) is 0 Å². The minimum Gasteiger partial charge on any atom is -0.379 e. The van der Waals surface area contributed by atoms with Gasteiger partial charge in [0.1, 0.15) is 5.82 Å². The number of imidazole rings is 1.